The molecule has 1 atom stereocenters. The highest BCUT2D eigenvalue weighted by Gasteiger charge is 2.24. The number of aromatic nitrogens is 4. The van der Waals surface area contributed by atoms with Gasteiger partial charge in [-0.25, -0.2) is 9.48 Å². The lowest BCUT2D eigenvalue weighted by Crippen LogP contribution is -2.40. The number of likely N-dealkylation sites (N-methyl/N-ethyl adjacent to an activating group) is 1. The zero-order valence-corrected chi connectivity index (χ0v) is 11.7. The maximum absolute atomic E-state index is 12.1. The standard InChI is InChI=1S/C13H15N5O3/c1-9(13(20)21)17(2)12(19)11-8-18(16-15-11)7-10-5-3-4-6-14-10/h3-6,8-9H,7H2,1-2H3,(H,20,21). The van der Waals surface area contributed by atoms with Gasteiger partial charge in [0.1, 0.15) is 6.04 Å². The average molecular weight is 289 g/mol. The van der Waals surface area contributed by atoms with Gasteiger partial charge >= 0.3 is 5.97 Å². The number of hydrogen-bond acceptors (Lipinski definition) is 5. The highest BCUT2D eigenvalue weighted by molar-refractivity contribution is 5.94. The molecule has 2 rings (SSSR count). The molecule has 0 fully saturated rings. The highest BCUT2D eigenvalue weighted by Crippen LogP contribution is 2.05. The maximum atomic E-state index is 12.1. The number of aliphatic carboxylic acids is 1. The quantitative estimate of drug-likeness (QED) is 0.847. The Morgan fingerprint density at radius 3 is 2.81 bits per heavy atom. The molecule has 2 aromatic heterocycles. The lowest BCUT2D eigenvalue weighted by molar-refractivity contribution is -0.141. The predicted molar refractivity (Wildman–Crippen MR) is 72.6 cm³/mol. The second kappa shape index (κ2) is 6.12. The van der Waals surface area contributed by atoms with Crippen LogP contribution < -0.4 is 0 Å². The highest BCUT2D eigenvalue weighted by atomic mass is 16.4. The van der Waals surface area contributed by atoms with E-state index in [0.29, 0.717) is 6.54 Å². The molecule has 0 saturated carbocycles. The van der Waals surface area contributed by atoms with E-state index in [0.717, 1.165) is 10.6 Å². The normalized spacial score (nSPS) is 11.9. The van der Waals surface area contributed by atoms with Crippen molar-refractivity contribution in [2.24, 2.45) is 0 Å². The predicted octanol–water partition coefficient (Wildman–Crippen LogP) is 0.266. The van der Waals surface area contributed by atoms with Crippen molar-refractivity contribution >= 4 is 11.9 Å². The molecular formula is C13H15N5O3. The van der Waals surface area contributed by atoms with E-state index < -0.39 is 17.9 Å². The summed E-state index contributed by atoms with van der Waals surface area (Å²) in [7, 11) is 1.42. The average Bonchev–Trinajstić information content (AvgIpc) is 2.94. The SMILES string of the molecule is CC(C(=O)O)N(C)C(=O)c1cn(Cc2ccccn2)nn1. The molecule has 0 bridgehead atoms. The third-order valence-electron chi connectivity index (χ3n) is 3.07. The number of carbonyl (C=O) groups excluding carboxylic acids is 1. The molecule has 110 valence electrons. The Bertz CT molecular complexity index is 640. The number of carboxylic acid groups (broad SMARTS) is 1. The molecule has 8 heteroatoms. The summed E-state index contributed by atoms with van der Waals surface area (Å²) < 4.78 is 1.48. The summed E-state index contributed by atoms with van der Waals surface area (Å²) in [6, 6.07) is 4.57. The minimum absolute atomic E-state index is 0.0986. The second-order valence-electron chi connectivity index (χ2n) is 4.55. The van der Waals surface area contributed by atoms with Crippen LogP contribution in [0.5, 0.6) is 0 Å². The monoisotopic (exact) mass is 289 g/mol. The van der Waals surface area contributed by atoms with Crippen LogP contribution in [0.1, 0.15) is 23.1 Å². The molecule has 0 aliphatic carbocycles. The first-order valence-corrected chi connectivity index (χ1v) is 6.29. The fourth-order valence-corrected chi connectivity index (χ4v) is 1.65. The Labute approximate surface area is 121 Å². The minimum atomic E-state index is -1.08. The summed E-state index contributed by atoms with van der Waals surface area (Å²) in [5, 5.41) is 16.5. The zero-order chi connectivity index (χ0) is 15.4. The molecule has 0 aromatic carbocycles. The molecule has 1 unspecified atom stereocenters. The van der Waals surface area contributed by atoms with Crippen LogP contribution in [0.3, 0.4) is 0 Å². The first-order valence-electron chi connectivity index (χ1n) is 6.29. The Balaban J connectivity index is 2.09. The van der Waals surface area contributed by atoms with Crippen LogP contribution in [-0.4, -0.2) is 55.0 Å². The van der Waals surface area contributed by atoms with Gasteiger partial charge in [0, 0.05) is 13.2 Å². The van der Waals surface area contributed by atoms with Gasteiger partial charge in [0.05, 0.1) is 18.4 Å². The molecular weight excluding hydrogens is 274 g/mol. The van der Waals surface area contributed by atoms with Gasteiger partial charge < -0.3 is 10.0 Å². The number of amides is 1. The number of carbonyl (C=O) groups is 2. The van der Waals surface area contributed by atoms with Gasteiger partial charge in [-0.3, -0.25) is 9.78 Å². The van der Waals surface area contributed by atoms with Gasteiger partial charge in [0.15, 0.2) is 5.69 Å². The summed E-state index contributed by atoms with van der Waals surface area (Å²) >= 11 is 0. The number of carboxylic acids is 1. The maximum Gasteiger partial charge on any atom is 0.326 e. The molecule has 21 heavy (non-hydrogen) atoms. The zero-order valence-electron chi connectivity index (χ0n) is 11.7. The Morgan fingerprint density at radius 2 is 2.19 bits per heavy atom. The molecule has 0 radical (unpaired) electrons. The summed E-state index contributed by atoms with van der Waals surface area (Å²) in [6.07, 6.45) is 3.14. The molecule has 2 aromatic rings. The van der Waals surface area contributed by atoms with Gasteiger partial charge in [0.2, 0.25) is 0 Å². The fraction of sp³-hybridized carbons (Fsp3) is 0.308. The van der Waals surface area contributed by atoms with E-state index in [2.05, 4.69) is 15.3 Å². The number of rotatable bonds is 5. The summed E-state index contributed by atoms with van der Waals surface area (Å²) in [6.45, 7) is 1.82. The van der Waals surface area contributed by atoms with Crippen molar-refractivity contribution in [3.8, 4) is 0 Å². The van der Waals surface area contributed by atoms with Crippen molar-refractivity contribution in [3.05, 3.63) is 42.0 Å². The van der Waals surface area contributed by atoms with Crippen LogP contribution in [0, 0.1) is 0 Å². The Morgan fingerprint density at radius 1 is 1.43 bits per heavy atom. The third-order valence-corrected chi connectivity index (χ3v) is 3.07. The molecule has 2 heterocycles. The fourth-order valence-electron chi connectivity index (χ4n) is 1.65. The first kappa shape index (κ1) is 14.6. The van der Waals surface area contributed by atoms with E-state index in [1.807, 2.05) is 18.2 Å². The van der Waals surface area contributed by atoms with Crippen molar-refractivity contribution in [2.45, 2.75) is 19.5 Å². The summed E-state index contributed by atoms with van der Waals surface area (Å²) in [5.74, 6) is -1.57. The largest absolute Gasteiger partial charge is 0.480 e. The van der Waals surface area contributed by atoms with Gasteiger partial charge in [-0.05, 0) is 19.1 Å². The summed E-state index contributed by atoms with van der Waals surface area (Å²) in [4.78, 5) is 28.2. The van der Waals surface area contributed by atoms with E-state index in [-0.39, 0.29) is 5.69 Å². The minimum Gasteiger partial charge on any atom is -0.480 e. The van der Waals surface area contributed by atoms with Crippen molar-refractivity contribution < 1.29 is 14.7 Å². The Kier molecular flexibility index (Phi) is 4.27. The molecule has 8 nitrogen and oxygen atoms in total. The summed E-state index contributed by atoms with van der Waals surface area (Å²) in [5.41, 5.74) is 0.884. The van der Waals surface area contributed by atoms with E-state index in [9.17, 15) is 9.59 Å². The van der Waals surface area contributed by atoms with Crippen LogP contribution in [0.4, 0.5) is 0 Å². The second-order valence-corrected chi connectivity index (χ2v) is 4.55. The van der Waals surface area contributed by atoms with Crippen molar-refractivity contribution in [2.75, 3.05) is 7.05 Å². The number of pyridine rings is 1. The molecule has 1 amide bonds. The van der Waals surface area contributed by atoms with Crippen LogP contribution in [0.25, 0.3) is 0 Å². The molecule has 0 spiro atoms. The first-order chi connectivity index (χ1) is 9.99. The third kappa shape index (κ3) is 3.41. The van der Waals surface area contributed by atoms with E-state index in [1.54, 1.807) is 6.20 Å². The van der Waals surface area contributed by atoms with Gasteiger partial charge in [-0.2, -0.15) is 0 Å². The Hall–Kier alpha value is -2.77. The lowest BCUT2D eigenvalue weighted by Gasteiger charge is -2.19. The lowest BCUT2D eigenvalue weighted by atomic mass is 10.3. The van der Waals surface area contributed by atoms with Crippen LogP contribution in [0.2, 0.25) is 0 Å². The van der Waals surface area contributed by atoms with Gasteiger partial charge in [-0.15, -0.1) is 5.10 Å². The smallest absolute Gasteiger partial charge is 0.326 e. The van der Waals surface area contributed by atoms with Crippen molar-refractivity contribution in [3.63, 3.8) is 0 Å². The van der Waals surface area contributed by atoms with E-state index in [4.69, 9.17) is 5.11 Å². The number of nitrogens with zero attached hydrogens (tertiary/aromatic N) is 5. The van der Waals surface area contributed by atoms with Crippen LogP contribution in [-0.2, 0) is 11.3 Å². The van der Waals surface area contributed by atoms with E-state index >= 15 is 0 Å². The number of hydrogen-bond donors (Lipinski definition) is 1. The van der Waals surface area contributed by atoms with Crippen LogP contribution >= 0.6 is 0 Å². The van der Waals surface area contributed by atoms with Gasteiger partial charge in [0.25, 0.3) is 5.91 Å². The van der Waals surface area contributed by atoms with Crippen LogP contribution in [0.15, 0.2) is 30.6 Å². The van der Waals surface area contributed by atoms with Crippen molar-refractivity contribution in [1.82, 2.24) is 24.9 Å². The van der Waals surface area contributed by atoms with E-state index in [1.165, 1.54) is 24.9 Å². The topological polar surface area (TPSA) is 101 Å². The molecule has 0 saturated heterocycles. The van der Waals surface area contributed by atoms with Gasteiger partial charge in [-0.1, -0.05) is 11.3 Å². The molecule has 0 aliphatic heterocycles. The van der Waals surface area contributed by atoms with Crippen molar-refractivity contribution in [1.29, 1.82) is 0 Å². The molecule has 1 N–H and O–H groups in total. The molecule has 0 aliphatic rings.